The largest absolute Gasteiger partial charge is 0.496 e. The van der Waals surface area contributed by atoms with Gasteiger partial charge >= 0.3 is 5.97 Å². The molecule has 154 valence electrons. The number of esters is 1. The van der Waals surface area contributed by atoms with E-state index in [4.69, 9.17) is 9.47 Å². The summed E-state index contributed by atoms with van der Waals surface area (Å²) in [6.07, 6.45) is 2.64. The van der Waals surface area contributed by atoms with Crippen LogP contribution in [0.5, 0.6) is 5.75 Å². The van der Waals surface area contributed by atoms with E-state index in [0.29, 0.717) is 5.75 Å². The van der Waals surface area contributed by atoms with E-state index in [2.05, 4.69) is 10.6 Å². The minimum absolute atomic E-state index is 0.123. The van der Waals surface area contributed by atoms with Gasteiger partial charge in [0, 0.05) is 12.3 Å². The van der Waals surface area contributed by atoms with E-state index in [0.717, 1.165) is 19.1 Å². The van der Waals surface area contributed by atoms with Crippen molar-refractivity contribution >= 4 is 27.6 Å². The summed E-state index contributed by atoms with van der Waals surface area (Å²) in [5, 5.41) is 5.14. The first-order chi connectivity index (χ1) is 13.2. The molecule has 1 aromatic rings. The molecule has 1 aromatic carbocycles. The van der Waals surface area contributed by atoms with E-state index in [1.807, 2.05) is 0 Å². The maximum atomic E-state index is 12.5. The minimum atomic E-state index is -3.37. The van der Waals surface area contributed by atoms with Crippen LogP contribution in [0.15, 0.2) is 24.3 Å². The van der Waals surface area contributed by atoms with Crippen molar-refractivity contribution < 1.29 is 32.3 Å². The number of para-hydroxylation sites is 1. The molecular formula is C18H24N2O7S. The van der Waals surface area contributed by atoms with Crippen LogP contribution in [0.4, 0.5) is 0 Å². The number of methoxy groups -OCH3 is 1. The molecule has 9 nitrogen and oxygen atoms in total. The van der Waals surface area contributed by atoms with E-state index in [1.165, 1.54) is 13.2 Å². The molecule has 1 aliphatic rings. The summed E-state index contributed by atoms with van der Waals surface area (Å²) in [6.45, 7) is -0.491. The van der Waals surface area contributed by atoms with Gasteiger partial charge in [0.15, 0.2) is 6.61 Å². The summed E-state index contributed by atoms with van der Waals surface area (Å²) in [4.78, 5) is 36.5. The molecule has 2 rings (SSSR count). The lowest BCUT2D eigenvalue weighted by atomic mass is 10.1. The normalized spacial score (nSPS) is 14.6. The molecule has 1 atom stereocenters. The van der Waals surface area contributed by atoms with Crippen LogP contribution in [0.1, 0.15) is 29.6 Å². The second-order valence-electron chi connectivity index (χ2n) is 6.59. The summed E-state index contributed by atoms with van der Waals surface area (Å²) in [5.41, 5.74) is 0.189. The number of carbonyl (C=O) groups excluding carboxylic acids is 3. The fourth-order valence-electron chi connectivity index (χ4n) is 2.38. The molecule has 1 saturated carbocycles. The third-order valence-corrected chi connectivity index (χ3v) is 4.98. The fourth-order valence-corrected chi connectivity index (χ4v) is 3.05. The van der Waals surface area contributed by atoms with Crippen molar-refractivity contribution in [2.24, 2.45) is 0 Å². The molecule has 28 heavy (non-hydrogen) atoms. The third kappa shape index (κ3) is 7.18. The Kier molecular flexibility index (Phi) is 7.38. The summed E-state index contributed by atoms with van der Waals surface area (Å²) >= 11 is 0. The molecule has 0 radical (unpaired) electrons. The molecule has 0 spiro atoms. The number of rotatable bonds is 10. The average molecular weight is 412 g/mol. The van der Waals surface area contributed by atoms with Gasteiger partial charge in [-0.1, -0.05) is 12.1 Å². The molecule has 2 amide bonds. The highest BCUT2D eigenvalue weighted by Crippen LogP contribution is 2.18. The Labute approximate surface area is 163 Å². The molecule has 0 bridgehead atoms. The Morgan fingerprint density at radius 3 is 2.50 bits per heavy atom. The molecule has 0 aromatic heterocycles. The monoisotopic (exact) mass is 412 g/mol. The van der Waals surface area contributed by atoms with Crippen molar-refractivity contribution in [3.05, 3.63) is 29.8 Å². The molecule has 2 N–H and O–H groups in total. The Morgan fingerprint density at radius 2 is 1.89 bits per heavy atom. The number of ether oxygens (including phenoxy) is 2. The fraction of sp³-hybridized carbons (Fsp3) is 0.500. The van der Waals surface area contributed by atoms with Crippen LogP contribution in [-0.2, 0) is 24.2 Å². The lowest BCUT2D eigenvalue weighted by molar-refractivity contribution is -0.150. The first-order valence-corrected chi connectivity index (χ1v) is 10.8. The lowest BCUT2D eigenvalue weighted by Crippen LogP contribution is -2.44. The molecule has 0 aliphatic heterocycles. The van der Waals surface area contributed by atoms with Crippen LogP contribution >= 0.6 is 0 Å². The summed E-state index contributed by atoms with van der Waals surface area (Å²) in [7, 11) is -1.97. The van der Waals surface area contributed by atoms with Crippen molar-refractivity contribution in [2.45, 2.75) is 31.3 Å². The quantitative estimate of drug-likeness (QED) is 0.520. The summed E-state index contributed by atoms with van der Waals surface area (Å²) in [6, 6.07) is 5.31. The standard InChI is InChI=1S/C18H24N2O7S/c1-26-15-6-4-3-5-13(15)17(22)20-14(9-10-28(2,24)25)18(23)27-11-16(21)19-12-7-8-12/h3-6,12,14H,7-11H2,1-2H3,(H,19,21)(H,20,22)/t14-/m1/s1. The number of amides is 2. The van der Waals surface area contributed by atoms with Crippen LogP contribution in [0.25, 0.3) is 0 Å². The Hall–Kier alpha value is -2.62. The molecular weight excluding hydrogens is 388 g/mol. The number of benzene rings is 1. The van der Waals surface area contributed by atoms with Crippen molar-refractivity contribution in [3.8, 4) is 5.75 Å². The number of carbonyl (C=O) groups is 3. The van der Waals surface area contributed by atoms with Crippen molar-refractivity contribution in [3.63, 3.8) is 0 Å². The highest BCUT2D eigenvalue weighted by atomic mass is 32.2. The smallest absolute Gasteiger partial charge is 0.329 e. The molecule has 0 heterocycles. The average Bonchev–Trinajstić information content (AvgIpc) is 3.46. The van der Waals surface area contributed by atoms with E-state index in [1.54, 1.807) is 18.2 Å². The Bertz CT molecular complexity index is 834. The van der Waals surface area contributed by atoms with E-state index < -0.39 is 40.3 Å². The first-order valence-electron chi connectivity index (χ1n) is 8.77. The number of hydrogen-bond donors (Lipinski definition) is 2. The zero-order valence-electron chi connectivity index (χ0n) is 15.8. The zero-order valence-corrected chi connectivity index (χ0v) is 16.6. The Morgan fingerprint density at radius 1 is 1.21 bits per heavy atom. The van der Waals surface area contributed by atoms with Crippen LogP contribution in [0, 0.1) is 0 Å². The van der Waals surface area contributed by atoms with Crippen molar-refractivity contribution in [2.75, 3.05) is 25.7 Å². The molecule has 1 aliphatic carbocycles. The van der Waals surface area contributed by atoms with Gasteiger partial charge in [0.1, 0.15) is 21.6 Å². The minimum Gasteiger partial charge on any atom is -0.496 e. The van der Waals surface area contributed by atoms with Gasteiger partial charge in [-0.15, -0.1) is 0 Å². The van der Waals surface area contributed by atoms with Crippen LogP contribution in [-0.4, -0.2) is 64.0 Å². The second kappa shape index (κ2) is 9.54. The van der Waals surface area contributed by atoms with Crippen molar-refractivity contribution in [1.82, 2.24) is 10.6 Å². The van der Waals surface area contributed by atoms with Crippen molar-refractivity contribution in [1.29, 1.82) is 0 Å². The SMILES string of the molecule is COc1ccccc1C(=O)N[C@H](CCS(C)(=O)=O)C(=O)OCC(=O)NC1CC1. The van der Waals surface area contributed by atoms with Crippen LogP contribution in [0.3, 0.4) is 0 Å². The first kappa shape index (κ1) is 21.7. The summed E-state index contributed by atoms with van der Waals surface area (Å²) < 4.78 is 33.0. The highest BCUT2D eigenvalue weighted by Gasteiger charge is 2.27. The topological polar surface area (TPSA) is 128 Å². The maximum absolute atomic E-state index is 12.5. The summed E-state index contributed by atoms with van der Waals surface area (Å²) in [5.74, 6) is -1.95. The Balaban J connectivity index is 2.03. The van der Waals surface area contributed by atoms with Gasteiger partial charge in [-0.2, -0.15) is 0 Å². The predicted octanol–water partition coefficient (Wildman–Crippen LogP) is 0.0501. The molecule has 0 unspecified atom stereocenters. The molecule has 1 fully saturated rings. The second-order valence-corrected chi connectivity index (χ2v) is 8.85. The number of nitrogens with one attached hydrogen (secondary N) is 2. The van der Waals surface area contributed by atoms with Gasteiger partial charge in [-0.3, -0.25) is 9.59 Å². The highest BCUT2D eigenvalue weighted by molar-refractivity contribution is 7.90. The molecule has 0 saturated heterocycles. The zero-order chi connectivity index (χ0) is 20.7. The lowest BCUT2D eigenvalue weighted by Gasteiger charge is -2.18. The maximum Gasteiger partial charge on any atom is 0.329 e. The van der Waals surface area contributed by atoms with Gasteiger partial charge in [0.2, 0.25) is 0 Å². The third-order valence-electron chi connectivity index (χ3n) is 4.01. The van der Waals surface area contributed by atoms with Gasteiger partial charge in [-0.25, -0.2) is 13.2 Å². The van der Waals surface area contributed by atoms with Gasteiger partial charge in [-0.05, 0) is 31.4 Å². The van der Waals surface area contributed by atoms with E-state index in [-0.39, 0.29) is 23.8 Å². The molecule has 10 heteroatoms. The number of sulfone groups is 1. The van der Waals surface area contributed by atoms with E-state index >= 15 is 0 Å². The van der Waals surface area contributed by atoms with Crippen LogP contribution < -0.4 is 15.4 Å². The van der Waals surface area contributed by atoms with Gasteiger partial charge in [0.05, 0.1) is 18.4 Å². The predicted molar refractivity (Wildman–Crippen MR) is 101 cm³/mol. The van der Waals surface area contributed by atoms with Crippen LogP contribution in [0.2, 0.25) is 0 Å². The van der Waals surface area contributed by atoms with Gasteiger partial charge in [0.25, 0.3) is 11.8 Å². The van der Waals surface area contributed by atoms with E-state index in [9.17, 15) is 22.8 Å². The van der Waals surface area contributed by atoms with Gasteiger partial charge < -0.3 is 20.1 Å². The number of hydrogen-bond acceptors (Lipinski definition) is 7.